The van der Waals surface area contributed by atoms with Crippen molar-refractivity contribution in [3.8, 4) is 0 Å². The molecule has 1 saturated carbocycles. The van der Waals surface area contributed by atoms with Crippen molar-refractivity contribution in [2.75, 3.05) is 0 Å². The topological polar surface area (TPSA) is 26.0 Å². The van der Waals surface area contributed by atoms with Crippen LogP contribution in [0.4, 0.5) is 0 Å². The zero-order valence-corrected chi connectivity index (χ0v) is 6.24. The first-order valence-electron chi connectivity index (χ1n) is 2.97. The first-order chi connectivity index (χ1) is 3.22. The van der Waals surface area contributed by atoms with Crippen LogP contribution in [-0.2, 0) is 0 Å². The Morgan fingerprint density at radius 2 is 2.00 bits per heavy atom. The smallest absolute Gasteiger partial charge is 0.00414 e. The van der Waals surface area contributed by atoms with Gasteiger partial charge in [-0.15, -0.1) is 12.4 Å². The van der Waals surface area contributed by atoms with Crippen molar-refractivity contribution in [2.24, 2.45) is 17.6 Å². The molecule has 1 nitrogen and oxygen atoms in total. The fourth-order valence-electron chi connectivity index (χ4n) is 1.08. The largest absolute Gasteiger partial charge is 0.328 e. The van der Waals surface area contributed by atoms with Gasteiger partial charge in [0, 0.05) is 6.04 Å². The highest BCUT2D eigenvalue weighted by atomic mass is 35.5. The molecule has 3 unspecified atom stereocenters. The molecule has 8 heavy (non-hydrogen) atoms. The van der Waals surface area contributed by atoms with Crippen molar-refractivity contribution >= 4 is 12.4 Å². The third-order valence-electron chi connectivity index (χ3n) is 1.85. The quantitative estimate of drug-likeness (QED) is 0.578. The average molecular weight is 136 g/mol. The zero-order chi connectivity index (χ0) is 5.44. The molecule has 0 spiro atoms. The van der Waals surface area contributed by atoms with Crippen LogP contribution in [0.15, 0.2) is 0 Å². The molecule has 2 heteroatoms. The van der Waals surface area contributed by atoms with Gasteiger partial charge in [-0.05, 0) is 25.2 Å². The number of halogens is 1. The highest BCUT2D eigenvalue weighted by Crippen LogP contribution is 2.39. The van der Waals surface area contributed by atoms with Crippen molar-refractivity contribution in [1.29, 1.82) is 0 Å². The summed E-state index contributed by atoms with van der Waals surface area (Å²) in [6, 6.07) is 0.440. The van der Waals surface area contributed by atoms with Gasteiger partial charge in [0.15, 0.2) is 0 Å². The van der Waals surface area contributed by atoms with E-state index in [0.29, 0.717) is 6.04 Å². The van der Waals surface area contributed by atoms with Crippen molar-refractivity contribution in [1.82, 2.24) is 0 Å². The number of nitrogens with two attached hydrogens (primary N) is 1. The summed E-state index contributed by atoms with van der Waals surface area (Å²) in [5.74, 6) is 1.76. The Hall–Kier alpha value is 0.250. The van der Waals surface area contributed by atoms with E-state index in [-0.39, 0.29) is 12.4 Å². The summed E-state index contributed by atoms with van der Waals surface area (Å²) in [5, 5.41) is 0. The third-order valence-corrected chi connectivity index (χ3v) is 1.85. The van der Waals surface area contributed by atoms with Crippen molar-refractivity contribution < 1.29 is 0 Å². The van der Waals surface area contributed by atoms with Crippen LogP contribution < -0.4 is 5.73 Å². The van der Waals surface area contributed by atoms with Gasteiger partial charge in [-0.1, -0.05) is 6.92 Å². The molecule has 1 rings (SSSR count). The molecule has 0 aliphatic heterocycles. The molecule has 3 atom stereocenters. The minimum atomic E-state index is 0. The van der Waals surface area contributed by atoms with E-state index in [4.69, 9.17) is 5.73 Å². The summed E-state index contributed by atoms with van der Waals surface area (Å²) in [6.45, 7) is 4.35. The molecule has 1 fully saturated rings. The van der Waals surface area contributed by atoms with E-state index in [1.54, 1.807) is 0 Å². The van der Waals surface area contributed by atoms with Crippen LogP contribution in [0.3, 0.4) is 0 Å². The number of rotatable bonds is 1. The molecule has 0 bridgehead atoms. The van der Waals surface area contributed by atoms with Crippen molar-refractivity contribution in [3.63, 3.8) is 0 Å². The highest BCUT2D eigenvalue weighted by Gasteiger charge is 2.34. The van der Waals surface area contributed by atoms with E-state index < -0.39 is 0 Å². The lowest BCUT2D eigenvalue weighted by Gasteiger charge is -1.97. The van der Waals surface area contributed by atoms with Crippen LogP contribution in [0.25, 0.3) is 0 Å². The second-order valence-electron chi connectivity index (χ2n) is 2.74. The molecule has 0 radical (unpaired) electrons. The van der Waals surface area contributed by atoms with Gasteiger partial charge < -0.3 is 5.73 Å². The maximum absolute atomic E-state index is 5.59. The fourth-order valence-corrected chi connectivity index (χ4v) is 1.08. The van der Waals surface area contributed by atoms with Crippen LogP contribution in [0.2, 0.25) is 0 Å². The van der Waals surface area contributed by atoms with Crippen LogP contribution in [0, 0.1) is 11.8 Å². The standard InChI is InChI=1S/C6H13N.ClH/c1-4-3-6(4)5(2)7;/h4-6H,3,7H2,1-2H3;1H. The monoisotopic (exact) mass is 135 g/mol. The van der Waals surface area contributed by atoms with Crippen LogP contribution >= 0.6 is 12.4 Å². The molecule has 50 valence electrons. The molecule has 1 aliphatic carbocycles. The third kappa shape index (κ3) is 1.64. The molecule has 2 N–H and O–H groups in total. The molecule has 0 aromatic carbocycles. The summed E-state index contributed by atoms with van der Waals surface area (Å²) < 4.78 is 0. The molecule has 0 amide bonds. The summed E-state index contributed by atoms with van der Waals surface area (Å²) in [6.07, 6.45) is 1.36. The van der Waals surface area contributed by atoms with Gasteiger partial charge >= 0.3 is 0 Å². The molecule has 0 heterocycles. The Balaban J connectivity index is 0.000000490. The Bertz CT molecular complexity index is 72.9. The zero-order valence-electron chi connectivity index (χ0n) is 5.42. The van der Waals surface area contributed by atoms with Crippen molar-refractivity contribution in [2.45, 2.75) is 26.3 Å². The Labute approximate surface area is 57.1 Å². The van der Waals surface area contributed by atoms with Crippen molar-refractivity contribution in [3.05, 3.63) is 0 Å². The fraction of sp³-hybridized carbons (Fsp3) is 1.00. The summed E-state index contributed by atoms with van der Waals surface area (Å²) >= 11 is 0. The SMILES string of the molecule is CC(N)C1CC1C.Cl. The van der Waals surface area contributed by atoms with Gasteiger partial charge in [-0.25, -0.2) is 0 Å². The normalized spacial score (nSPS) is 37.9. The number of hydrogen-bond donors (Lipinski definition) is 1. The summed E-state index contributed by atoms with van der Waals surface area (Å²) in [5.41, 5.74) is 5.59. The first-order valence-corrected chi connectivity index (χ1v) is 2.97. The van der Waals surface area contributed by atoms with Gasteiger partial charge in [-0.2, -0.15) is 0 Å². The summed E-state index contributed by atoms with van der Waals surface area (Å²) in [4.78, 5) is 0. The van der Waals surface area contributed by atoms with E-state index in [1.165, 1.54) is 6.42 Å². The lowest BCUT2D eigenvalue weighted by Crippen LogP contribution is -2.17. The van der Waals surface area contributed by atoms with Gasteiger partial charge in [-0.3, -0.25) is 0 Å². The minimum Gasteiger partial charge on any atom is -0.328 e. The van der Waals surface area contributed by atoms with E-state index in [9.17, 15) is 0 Å². The Kier molecular flexibility index (Phi) is 2.78. The maximum Gasteiger partial charge on any atom is 0.00414 e. The van der Waals surface area contributed by atoms with Crippen LogP contribution in [-0.4, -0.2) is 6.04 Å². The predicted molar refractivity (Wildman–Crippen MR) is 38.2 cm³/mol. The molecule has 1 aliphatic rings. The summed E-state index contributed by atoms with van der Waals surface area (Å²) in [7, 11) is 0. The molecular formula is C6H14ClN. The molecular weight excluding hydrogens is 122 g/mol. The maximum atomic E-state index is 5.59. The highest BCUT2D eigenvalue weighted by molar-refractivity contribution is 5.85. The van der Waals surface area contributed by atoms with E-state index in [2.05, 4.69) is 13.8 Å². The van der Waals surface area contributed by atoms with E-state index >= 15 is 0 Å². The van der Waals surface area contributed by atoms with Crippen LogP contribution in [0.5, 0.6) is 0 Å². The molecule has 0 aromatic heterocycles. The second-order valence-corrected chi connectivity index (χ2v) is 2.74. The van der Waals surface area contributed by atoms with Crippen LogP contribution in [0.1, 0.15) is 20.3 Å². The molecule has 0 saturated heterocycles. The minimum absolute atomic E-state index is 0. The average Bonchev–Trinajstić information content (AvgIpc) is 2.17. The van der Waals surface area contributed by atoms with Gasteiger partial charge in [0.1, 0.15) is 0 Å². The van der Waals surface area contributed by atoms with Gasteiger partial charge in [0.25, 0.3) is 0 Å². The lowest BCUT2D eigenvalue weighted by molar-refractivity contribution is 0.608. The van der Waals surface area contributed by atoms with Gasteiger partial charge in [0.2, 0.25) is 0 Å². The predicted octanol–water partition coefficient (Wildman–Crippen LogP) is 1.41. The molecule has 0 aromatic rings. The van der Waals surface area contributed by atoms with Gasteiger partial charge in [0.05, 0.1) is 0 Å². The first kappa shape index (κ1) is 8.25. The van der Waals surface area contributed by atoms with E-state index in [1.807, 2.05) is 0 Å². The second kappa shape index (κ2) is 2.70. The number of hydrogen-bond acceptors (Lipinski definition) is 1. The Morgan fingerprint density at radius 1 is 1.62 bits per heavy atom. The van der Waals surface area contributed by atoms with E-state index in [0.717, 1.165) is 11.8 Å². The lowest BCUT2D eigenvalue weighted by atomic mass is 10.2. The Morgan fingerprint density at radius 3 is 2.00 bits per heavy atom.